The number of ether oxygens (including phenoxy) is 1. The van der Waals surface area contributed by atoms with Gasteiger partial charge in [-0.3, -0.25) is 4.79 Å². The second kappa shape index (κ2) is 3.87. The van der Waals surface area contributed by atoms with Crippen LogP contribution in [0.3, 0.4) is 0 Å². The average molecular weight is 274 g/mol. The fourth-order valence-electron chi connectivity index (χ4n) is 1.36. The lowest BCUT2D eigenvalue weighted by Gasteiger charge is -2.08. The molecule has 1 atom stereocenters. The average Bonchev–Trinajstić information content (AvgIpc) is 2.29. The number of hydrogen-bond donors (Lipinski definition) is 1. The van der Waals surface area contributed by atoms with E-state index < -0.39 is 0 Å². The second-order valence-corrected chi connectivity index (χ2v) is 4.51. The minimum Gasteiger partial charge on any atom is -0.490 e. The van der Waals surface area contributed by atoms with Gasteiger partial charge in [-0.25, -0.2) is 0 Å². The summed E-state index contributed by atoms with van der Waals surface area (Å²) >= 11 is 3.35. The summed E-state index contributed by atoms with van der Waals surface area (Å²) in [7, 11) is 2.57. The van der Waals surface area contributed by atoms with Crippen LogP contribution in [0.1, 0.15) is 10.4 Å². The van der Waals surface area contributed by atoms with Gasteiger partial charge in [0, 0.05) is 9.78 Å². The van der Waals surface area contributed by atoms with Crippen molar-refractivity contribution in [1.29, 1.82) is 0 Å². The van der Waals surface area contributed by atoms with Crippen LogP contribution < -0.4 is 15.4 Å². The maximum atomic E-state index is 11.6. The molecule has 0 radical (unpaired) electrons. The number of benzene rings is 1. The van der Waals surface area contributed by atoms with Crippen molar-refractivity contribution < 1.29 is 9.53 Å². The molecule has 1 N–H and O–H groups in total. The standard InChI is InChI=1S/C9H9BrNO2P/c10-5-3-6-8(7(14)4-5)13-2-1-11-9(6)12/h3-4H,1-2,14H2,(H,11,12). The maximum Gasteiger partial charge on any atom is 0.255 e. The van der Waals surface area contributed by atoms with Gasteiger partial charge >= 0.3 is 0 Å². The van der Waals surface area contributed by atoms with Crippen LogP contribution in [0.2, 0.25) is 0 Å². The Hall–Kier alpha value is -0.600. The van der Waals surface area contributed by atoms with E-state index in [0.717, 1.165) is 9.78 Å². The van der Waals surface area contributed by atoms with Crippen LogP contribution >= 0.6 is 25.2 Å². The molecule has 3 nitrogen and oxygen atoms in total. The molecule has 1 unspecified atom stereocenters. The van der Waals surface area contributed by atoms with Gasteiger partial charge in [-0.1, -0.05) is 15.9 Å². The lowest BCUT2D eigenvalue weighted by atomic mass is 10.2. The van der Waals surface area contributed by atoms with E-state index in [9.17, 15) is 4.79 Å². The Morgan fingerprint density at radius 2 is 2.29 bits per heavy atom. The fourth-order valence-corrected chi connectivity index (χ4v) is 2.50. The van der Waals surface area contributed by atoms with Gasteiger partial charge in [0.2, 0.25) is 0 Å². The Kier molecular flexibility index (Phi) is 2.75. The predicted molar refractivity (Wildman–Crippen MR) is 61.3 cm³/mol. The molecule has 0 bridgehead atoms. The van der Waals surface area contributed by atoms with Crippen molar-refractivity contribution in [3.8, 4) is 5.75 Å². The van der Waals surface area contributed by atoms with Crippen LogP contribution in [0.4, 0.5) is 0 Å². The molecule has 0 aromatic heterocycles. The first-order valence-corrected chi connectivity index (χ1v) is 5.55. The summed E-state index contributed by atoms with van der Waals surface area (Å²) in [6.07, 6.45) is 0. The molecule has 5 heteroatoms. The van der Waals surface area contributed by atoms with Gasteiger partial charge in [0.15, 0.2) is 0 Å². The minimum absolute atomic E-state index is 0.0810. The van der Waals surface area contributed by atoms with E-state index in [4.69, 9.17) is 4.74 Å². The largest absolute Gasteiger partial charge is 0.490 e. The molecule has 1 amide bonds. The quantitative estimate of drug-likeness (QED) is 0.719. The van der Waals surface area contributed by atoms with Crippen LogP contribution in [-0.2, 0) is 0 Å². The molecule has 0 saturated carbocycles. The lowest BCUT2D eigenvalue weighted by Crippen LogP contribution is -2.24. The Balaban J connectivity index is 2.58. The third kappa shape index (κ3) is 1.77. The van der Waals surface area contributed by atoms with Crippen LogP contribution in [0.15, 0.2) is 16.6 Å². The zero-order chi connectivity index (χ0) is 10.1. The van der Waals surface area contributed by atoms with Gasteiger partial charge in [0.25, 0.3) is 5.91 Å². The van der Waals surface area contributed by atoms with Crippen molar-refractivity contribution in [3.05, 3.63) is 22.2 Å². The Labute approximate surface area is 92.5 Å². The molecule has 2 rings (SSSR count). The molecule has 0 saturated heterocycles. The van der Waals surface area contributed by atoms with Crippen LogP contribution in [0.25, 0.3) is 0 Å². The third-order valence-corrected chi connectivity index (χ3v) is 2.85. The van der Waals surface area contributed by atoms with Crippen molar-refractivity contribution in [3.63, 3.8) is 0 Å². The first-order chi connectivity index (χ1) is 6.68. The van der Waals surface area contributed by atoms with E-state index in [0.29, 0.717) is 24.5 Å². The summed E-state index contributed by atoms with van der Waals surface area (Å²) in [5, 5.41) is 3.66. The van der Waals surface area contributed by atoms with Gasteiger partial charge in [0.05, 0.1) is 12.1 Å². The van der Waals surface area contributed by atoms with Crippen LogP contribution in [-0.4, -0.2) is 19.1 Å². The SMILES string of the molecule is O=C1NCCOc2c(P)cc(Br)cc21. The van der Waals surface area contributed by atoms with E-state index in [1.807, 2.05) is 6.07 Å². The molecule has 0 fully saturated rings. The van der Waals surface area contributed by atoms with Crippen molar-refractivity contribution in [2.75, 3.05) is 13.2 Å². The number of fused-ring (bicyclic) bond motifs is 1. The third-order valence-electron chi connectivity index (χ3n) is 1.96. The summed E-state index contributed by atoms with van der Waals surface area (Å²) < 4.78 is 6.36. The fraction of sp³-hybridized carbons (Fsp3) is 0.222. The molecule has 0 spiro atoms. The normalized spacial score (nSPS) is 15.1. The van der Waals surface area contributed by atoms with E-state index in [1.165, 1.54) is 0 Å². The second-order valence-electron chi connectivity index (χ2n) is 2.98. The number of amides is 1. The lowest BCUT2D eigenvalue weighted by molar-refractivity contribution is 0.0957. The number of halogens is 1. The Bertz CT molecular complexity index is 395. The highest BCUT2D eigenvalue weighted by Crippen LogP contribution is 2.24. The molecular formula is C9H9BrNO2P. The number of carbonyl (C=O) groups is 1. The molecule has 1 aliphatic rings. The topological polar surface area (TPSA) is 38.3 Å². The molecule has 14 heavy (non-hydrogen) atoms. The van der Waals surface area contributed by atoms with Crippen LogP contribution in [0.5, 0.6) is 5.75 Å². The summed E-state index contributed by atoms with van der Waals surface area (Å²) in [5.41, 5.74) is 0.585. The first kappa shape index (κ1) is 9.94. The zero-order valence-electron chi connectivity index (χ0n) is 7.34. The number of hydrogen-bond acceptors (Lipinski definition) is 2. The zero-order valence-corrected chi connectivity index (χ0v) is 10.1. The van der Waals surface area contributed by atoms with Gasteiger partial charge in [0.1, 0.15) is 12.4 Å². The van der Waals surface area contributed by atoms with E-state index in [2.05, 4.69) is 30.5 Å². The van der Waals surface area contributed by atoms with E-state index in [1.54, 1.807) is 6.07 Å². The van der Waals surface area contributed by atoms with Crippen molar-refractivity contribution in [2.45, 2.75) is 0 Å². The summed E-state index contributed by atoms with van der Waals surface area (Å²) in [6, 6.07) is 3.67. The van der Waals surface area contributed by atoms with Crippen molar-refractivity contribution in [1.82, 2.24) is 5.32 Å². The summed E-state index contributed by atoms with van der Waals surface area (Å²) in [4.78, 5) is 11.6. The summed E-state index contributed by atoms with van der Waals surface area (Å²) in [6.45, 7) is 1.07. The van der Waals surface area contributed by atoms with Gasteiger partial charge in [-0.15, -0.1) is 9.24 Å². The molecular weight excluding hydrogens is 265 g/mol. The smallest absolute Gasteiger partial charge is 0.255 e. The molecule has 1 aromatic rings. The van der Waals surface area contributed by atoms with Crippen molar-refractivity contribution >= 4 is 36.4 Å². The predicted octanol–water partition coefficient (Wildman–Crippen LogP) is 1.07. The maximum absolute atomic E-state index is 11.6. The number of rotatable bonds is 0. The number of carbonyl (C=O) groups excluding carboxylic acids is 1. The highest BCUT2D eigenvalue weighted by molar-refractivity contribution is 9.10. The minimum atomic E-state index is -0.0810. The molecule has 1 aliphatic heterocycles. The first-order valence-electron chi connectivity index (χ1n) is 4.18. The Morgan fingerprint density at radius 3 is 3.07 bits per heavy atom. The Morgan fingerprint density at radius 1 is 1.50 bits per heavy atom. The van der Waals surface area contributed by atoms with Gasteiger partial charge in [-0.2, -0.15) is 0 Å². The van der Waals surface area contributed by atoms with Crippen molar-refractivity contribution in [2.24, 2.45) is 0 Å². The highest BCUT2D eigenvalue weighted by atomic mass is 79.9. The molecule has 1 aromatic carbocycles. The summed E-state index contributed by atoms with van der Waals surface area (Å²) in [5.74, 6) is 0.579. The molecule has 74 valence electrons. The van der Waals surface area contributed by atoms with Gasteiger partial charge < -0.3 is 10.1 Å². The van der Waals surface area contributed by atoms with Crippen LogP contribution in [0, 0.1) is 0 Å². The highest BCUT2D eigenvalue weighted by Gasteiger charge is 2.18. The molecule has 0 aliphatic carbocycles. The number of nitrogens with one attached hydrogen (secondary N) is 1. The monoisotopic (exact) mass is 273 g/mol. The van der Waals surface area contributed by atoms with E-state index in [-0.39, 0.29) is 5.91 Å². The van der Waals surface area contributed by atoms with Gasteiger partial charge in [-0.05, 0) is 12.1 Å². The molecule has 1 heterocycles. The van der Waals surface area contributed by atoms with E-state index >= 15 is 0 Å².